The van der Waals surface area contributed by atoms with Gasteiger partial charge in [-0.25, -0.2) is 0 Å². The van der Waals surface area contributed by atoms with Gasteiger partial charge in [-0.05, 0) is 42.5 Å². The Balaban J connectivity index is 1.48. The molecule has 0 unspecified atom stereocenters. The van der Waals surface area contributed by atoms with Gasteiger partial charge in [0.05, 0.1) is 4.34 Å². The molecule has 0 saturated heterocycles. The molecule has 0 aliphatic heterocycles. The summed E-state index contributed by atoms with van der Waals surface area (Å²) < 4.78 is 0.887. The summed E-state index contributed by atoms with van der Waals surface area (Å²) in [6.45, 7) is 1.04. The van der Waals surface area contributed by atoms with E-state index in [0.29, 0.717) is 6.04 Å². The number of hydrogen-bond acceptors (Lipinski definition) is 2. The van der Waals surface area contributed by atoms with Crippen molar-refractivity contribution in [3.05, 3.63) is 56.7 Å². The second-order valence-corrected chi connectivity index (χ2v) is 6.58. The Bertz CT molecular complexity index is 510. The summed E-state index contributed by atoms with van der Waals surface area (Å²) in [4.78, 5) is 1.36. The number of halogens is 1. The zero-order chi connectivity index (χ0) is 12.4. The highest BCUT2D eigenvalue weighted by atomic mass is 35.5. The van der Waals surface area contributed by atoms with Crippen molar-refractivity contribution in [3.8, 4) is 0 Å². The van der Waals surface area contributed by atoms with Gasteiger partial charge in [0, 0.05) is 17.5 Å². The van der Waals surface area contributed by atoms with Gasteiger partial charge in [0.2, 0.25) is 0 Å². The number of thiophene rings is 1. The Labute approximate surface area is 117 Å². The summed E-state index contributed by atoms with van der Waals surface area (Å²) in [7, 11) is 0. The number of benzene rings is 1. The average molecular weight is 278 g/mol. The predicted octanol–water partition coefficient (Wildman–Crippen LogP) is 3.70. The van der Waals surface area contributed by atoms with Crippen molar-refractivity contribution in [1.82, 2.24) is 5.32 Å². The maximum Gasteiger partial charge on any atom is 0.0931 e. The Hall–Kier alpha value is -0.830. The molecule has 0 fully saturated rings. The van der Waals surface area contributed by atoms with Crippen LogP contribution in [0.4, 0.5) is 0 Å². The topological polar surface area (TPSA) is 12.0 Å². The number of nitrogens with one attached hydrogen (secondary N) is 1. The lowest BCUT2D eigenvalue weighted by Crippen LogP contribution is -2.31. The molecule has 1 N–H and O–H groups in total. The van der Waals surface area contributed by atoms with Crippen molar-refractivity contribution in [1.29, 1.82) is 0 Å². The summed E-state index contributed by atoms with van der Waals surface area (Å²) in [5.74, 6) is 0. The molecule has 0 spiro atoms. The predicted molar refractivity (Wildman–Crippen MR) is 78.7 cm³/mol. The zero-order valence-corrected chi connectivity index (χ0v) is 11.7. The first-order valence-corrected chi connectivity index (χ1v) is 7.55. The van der Waals surface area contributed by atoms with E-state index < -0.39 is 0 Å². The van der Waals surface area contributed by atoms with Gasteiger partial charge < -0.3 is 5.32 Å². The summed E-state index contributed by atoms with van der Waals surface area (Å²) >= 11 is 7.61. The second-order valence-electron chi connectivity index (χ2n) is 4.78. The van der Waals surface area contributed by atoms with Crippen LogP contribution in [0.5, 0.6) is 0 Å². The highest BCUT2D eigenvalue weighted by molar-refractivity contribution is 7.16. The molecule has 1 heterocycles. The van der Waals surface area contributed by atoms with Gasteiger partial charge in [-0.1, -0.05) is 35.9 Å². The van der Waals surface area contributed by atoms with E-state index in [-0.39, 0.29) is 0 Å². The van der Waals surface area contributed by atoms with Crippen molar-refractivity contribution in [3.63, 3.8) is 0 Å². The lowest BCUT2D eigenvalue weighted by molar-refractivity contribution is 0.537. The van der Waals surface area contributed by atoms with Crippen molar-refractivity contribution >= 4 is 22.9 Å². The highest BCUT2D eigenvalue weighted by Crippen LogP contribution is 2.23. The van der Waals surface area contributed by atoms with Crippen LogP contribution in [-0.2, 0) is 19.3 Å². The third kappa shape index (κ3) is 2.77. The first-order chi connectivity index (χ1) is 8.81. The van der Waals surface area contributed by atoms with Gasteiger partial charge in [0.15, 0.2) is 0 Å². The van der Waals surface area contributed by atoms with Crippen LogP contribution < -0.4 is 5.32 Å². The highest BCUT2D eigenvalue weighted by Gasteiger charge is 2.19. The minimum Gasteiger partial charge on any atom is -0.313 e. The maximum absolute atomic E-state index is 5.93. The fourth-order valence-electron chi connectivity index (χ4n) is 2.59. The van der Waals surface area contributed by atoms with Crippen LogP contribution in [0.1, 0.15) is 16.0 Å². The molecule has 1 aliphatic carbocycles. The quantitative estimate of drug-likeness (QED) is 0.899. The number of rotatable bonds is 4. The first kappa shape index (κ1) is 12.2. The van der Waals surface area contributed by atoms with Crippen molar-refractivity contribution < 1.29 is 0 Å². The van der Waals surface area contributed by atoms with Crippen molar-refractivity contribution in [2.24, 2.45) is 0 Å². The van der Waals surface area contributed by atoms with Gasteiger partial charge in [-0.3, -0.25) is 0 Å². The standard InChI is InChI=1S/C15H16ClNS/c16-15-6-5-14(18-15)7-8-17-13-9-11-3-1-2-4-12(11)10-13/h1-6,13,17H,7-10H2. The molecule has 1 aliphatic rings. The third-order valence-corrected chi connectivity index (χ3v) is 4.78. The van der Waals surface area contributed by atoms with Crippen LogP contribution in [-0.4, -0.2) is 12.6 Å². The van der Waals surface area contributed by atoms with E-state index in [4.69, 9.17) is 11.6 Å². The average Bonchev–Trinajstić information content (AvgIpc) is 2.95. The summed E-state index contributed by atoms with van der Waals surface area (Å²) in [6.07, 6.45) is 3.41. The maximum atomic E-state index is 5.93. The molecule has 3 heteroatoms. The zero-order valence-electron chi connectivity index (χ0n) is 10.2. The van der Waals surface area contributed by atoms with Crippen LogP contribution in [0.25, 0.3) is 0 Å². The summed E-state index contributed by atoms with van der Waals surface area (Å²) in [5, 5.41) is 3.65. The lowest BCUT2D eigenvalue weighted by Gasteiger charge is -2.10. The third-order valence-electron chi connectivity index (χ3n) is 3.48. The largest absolute Gasteiger partial charge is 0.313 e. The first-order valence-electron chi connectivity index (χ1n) is 6.35. The Kier molecular flexibility index (Phi) is 3.69. The Morgan fingerprint density at radius 1 is 1.11 bits per heavy atom. The molecule has 2 aromatic rings. The van der Waals surface area contributed by atoms with E-state index in [9.17, 15) is 0 Å². The molecule has 0 saturated carbocycles. The molecule has 1 aromatic heterocycles. The van der Waals surface area contributed by atoms with E-state index in [2.05, 4.69) is 35.6 Å². The van der Waals surface area contributed by atoms with Gasteiger partial charge in [0.25, 0.3) is 0 Å². The smallest absolute Gasteiger partial charge is 0.0931 e. The summed E-state index contributed by atoms with van der Waals surface area (Å²) in [6, 6.07) is 13.5. The molecule has 0 radical (unpaired) electrons. The van der Waals surface area contributed by atoms with Crippen LogP contribution >= 0.6 is 22.9 Å². The molecule has 3 rings (SSSR count). The summed E-state index contributed by atoms with van der Waals surface area (Å²) in [5.41, 5.74) is 3.02. The van der Waals surface area contributed by atoms with E-state index >= 15 is 0 Å². The van der Waals surface area contributed by atoms with Crippen molar-refractivity contribution in [2.45, 2.75) is 25.3 Å². The Morgan fingerprint density at radius 2 is 1.83 bits per heavy atom. The minimum atomic E-state index is 0.609. The number of hydrogen-bond donors (Lipinski definition) is 1. The fourth-order valence-corrected chi connectivity index (χ4v) is 3.68. The van der Waals surface area contributed by atoms with E-state index in [1.807, 2.05) is 6.07 Å². The van der Waals surface area contributed by atoms with Crippen molar-refractivity contribution in [2.75, 3.05) is 6.54 Å². The van der Waals surface area contributed by atoms with Crippen LogP contribution in [0, 0.1) is 0 Å². The molecular weight excluding hydrogens is 262 g/mol. The monoisotopic (exact) mass is 277 g/mol. The molecular formula is C15H16ClNS. The number of fused-ring (bicyclic) bond motifs is 1. The minimum absolute atomic E-state index is 0.609. The van der Waals surface area contributed by atoms with Crippen LogP contribution in [0.3, 0.4) is 0 Å². The van der Waals surface area contributed by atoms with E-state index in [1.54, 1.807) is 11.3 Å². The van der Waals surface area contributed by atoms with Gasteiger partial charge >= 0.3 is 0 Å². The molecule has 0 atom stereocenters. The van der Waals surface area contributed by atoms with Gasteiger partial charge in [0.1, 0.15) is 0 Å². The van der Waals surface area contributed by atoms with Gasteiger partial charge in [-0.15, -0.1) is 11.3 Å². The normalized spacial score (nSPS) is 14.9. The molecule has 94 valence electrons. The van der Waals surface area contributed by atoms with E-state index in [0.717, 1.165) is 17.3 Å². The molecule has 1 nitrogen and oxygen atoms in total. The molecule has 0 amide bonds. The van der Waals surface area contributed by atoms with Crippen LogP contribution in [0.15, 0.2) is 36.4 Å². The fraction of sp³-hybridized carbons (Fsp3) is 0.333. The lowest BCUT2D eigenvalue weighted by atomic mass is 10.1. The van der Waals surface area contributed by atoms with Gasteiger partial charge in [-0.2, -0.15) is 0 Å². The van der Waals surface area contributed by atoms with E-state index in [1.165, 1.54) is 28.8 Å². The second kappa shape index (κ2) is 5.43. The molecule has 18 heavy (non-hydrogen) atoms. The SMILES string of the molecule is Clc1ccc(CCNC2Cc3ccccc3C2)s1. The molecule has 0 bridgehead atoms. The Morgan fingerprint density at radius 3 is 2.44 bits per heavy atom. The van der Waals surface area contributed by atoms with Crippen LogP contribution in [0.2, 0.25) is 4.34 Å². The molecule has 1 aromatic carbocycles.